The Morgan fingerprint density at radius 1 is 1.50 bits per heavy atom. The van der Waals surface area contributed by atoms with Gasteiger partial charge in [-0.25, -0.2) is 0 Å². The predicted octanol–water partition coefficient (Wildman–Crippen LogP) is 0.393. The van der Waals surface area contributed by atoms with Gasteiger partial charge in [0, 0.05) is 11.3 Å². The Balaban J connectivity index is 4.41. The Hall–Kier alpha value is -1.18. The zero-order valence-electron chi connectivity index (χ0n) is 6.95. The fraction of sp³-hybridized carbons (Fsp3) is 0.833. The van der Waals surface area contributed by atoms with Crippen molar-refractivity contribution in [3.05, 3.63) is 10.1 Å². The third-order valence-electron chi connectivity index (χ3n) is 1.48. The minimum atomic E-state index is -4.79. The number of aliphatic hydroxyl groups excluding tert-OH is 1. The number of carbonyl (C=O) groups excluding carboxylic acids is 1. The summed E-state index contributed by atoms with van der Waals surface area (Å²) in [7, 11) is 0. The zero-order chi connectivity index (χ0) is 11.4. The quantitative estimate of drug-likeness (QED) is 0.531. The Morgan fingerprint density at radius 2 is 2.00 bits per heavy atom. The molecule has 0 aromatic heterocycles. The number of rotatable bonds is 5. The average Bonchev–Trinajstić information content (AvgIpc) is 2.00. The lowest BCUT2D eigenvalue weighted by Crippen LogP contribution is -2.32. The summed E-state index contributed by atoms with van der Waals surface area (Å²) in [5, 5.41) is 18.1. The SMILES string of the molecule is O=C(CO)CC(C[N+](=O)[O-])C(F)(F)F. The van der Waals surface area contributed by atoms with E-state index in [-0.39, 0.29) is 0 Å². The van der Waals surface area contributed by atoms with Gasteiger partial charge in [0.2, 0.25) is 6.54 Å². The molecule has 0 aromatic rings. The molecule has 0 saturated carbocycles. The van der Waals surface area contributed by atoms with Crippen LogP contribution >= 0.6 is 0 Å². The molecule has 0 bridgehead atoms. The summed E-state index contributed by atoms with van der Waals surface area (Å²) in [5.74, 6) is -3.38. The summed E-state index contributed by atoms with van der Waals surface area (Å²) < 4.78 is 36.1. The van der Waals surface area contributed by atoms with E-state index < -0.39 is 42.4 Å². The second-order valence-electron chi connectivity index (χ2n) is 2.65. The molecule has 0 aliphatic carbocycles. The molecule has 1 atom stereocenters. The third kappa shape index (κ3) is 4.75. The molecular weight excluding hydrogens is 207 g/mol. The van der Waals surface area contributed by atoms with Crippen molar-refractivity contribution in [3.63, 3.8) is 0 Å². The van der Waals surface area contributed by atoms with E-state index in [9.17, 15) is 28.1 Å². The lowest BCUT2D eigenvalue weighted by atomic mass is 10.0. The molecule has 0 fully saturated rings. The number of Topliss-reactive ketones (excluding diaryl/α,β-unsaturated/α-hetero) is 1. The van der Waals surface area contributed by atoms with Crippen LogP contribution < -0.4 is 0 Å². The van der Waals surface area contributed by atoms with Crippen LogP contribution in [0, 0.1) is 16.0 Å². The highest BCUT2D eigenvalue weighted by molar-refractivity contribution is 5.79. The molecule has 0 heterocycles. The maximum atomic E-state index is 12.0. The number of carbonyl (C=O) groups is 1. The molecule has 5 nitrogen and oxygen atoms in total. The summed E-state index contributed by atoms with van der Waals surface area (Å²) in [5.41, 5.74) is 0. The van der Waals surface area contributed by atoms with E-state index in [1.54, 1.807) is 0 Å². The van der Waals surface area contributed by atoms with Crippen LogP contribution in [0.5, 0.6) is 0 Å². The lowest BCUT2D eigenvalue weighted by molar-refractivity contribution is -0.497. The Bertz CT molecular complexity index is 228. The van der Waals surface area contributed by atoms with E-state index in [0.29, 0.717) is 0 Å². The second kappa shape index (κ2) is 4.89. The molecule has 8 heteroatoms. The van der Waals surface area contributed by atoms with E-state index in [2.05, 4.69) is 0 Å². The summed E-state index contributed by atoms with van der Waals surface area (Å²) >= 11 is 0. The van der Waals surface area contributed by atoms with E-state index in [0.717, 1.165) is 0 Å². The van der Waals surface area contributed by atoms with Crippen molar-refractivity contribution in [2.24, 2.45) is 5.92 Å². The molecule has 0 aliphatic heterocycles. The number of ketones is 1. The van der Waals surface area contributed by atoms with Crippen molar-refractivity contribution in [1.29, 1.82) is 0 Å². The van der Waals surface area contributed by atoms with Crippen molar-refractivity contribution in [2.75, 3.05) is 13.2 Å². The van der Waals surface area contributed by atoms with Crippen LogP contribution in [0.3, 0.4) is 0 Å². The van der Waals surface area contributed by atoms with Gasteiger partial charge in [-0.1, -0.05) is 0 Å². The van der Waals surface area contributed by atoms with Crippen LogP contribution in [-0.4, -0.2) is 35.1 Å². The van der Waals surface area contributed by atoms with Crippen LogP contribution in [0.15, 0.2) is 0 Å². The zero-order valence-corrected chi connectivity index (χ0v) is 6.95. The predicted molar refractivity (Wildman–Crippen MR) is 38.1 cm³/mol. The summed E-state index contributed by atoms with van der Waals surface area (Å²) in [6, 6.07) is 0. The van der Waals surface area contributed by atoms with Gasteiger partial charge in [-0.05, 0) is 0 Å². The first-order valence-corrected chi connectivity index (χ1v) is 3.58. The molecule has 1 N–H and O–H groups in total. The molecule has 14 heavy (non-hydrogen) atoms. The van der Waals surface area contributed by atoms with Crippen LogP contribution in [-0.2, 0) is 4.79 Å². The highest BCUT2D eigenvalue weighted by Crippen LogP contribution is 2.29. The van der Waals surface area contributed by atoms with Gasteiger partial charge >= 0.3 is 6.18 Å². The van der Waals surface area contributed by atoms with E-state index in [1.165, 1.54) is 0 Å². The molecule has 82 valence electrons. The molecule has 0 amide bonds. The van der Waals surface area contributed by atoms with E-state index in [1.807, 2.05) is 0 Å². The fourth-order valence-electron chi connectivity index (χ4n) is 0.803. The number of hydrogen-bond acceptors (Lipinski definition) is 4. The van der Waals surface area contributed by atoms with Gasteiger partial charge in [0.1, 0.15) is 12.5 Å². The first-order chi connectivity index (χ1) is 6.27. The smallest absolute Gasteiger partial charge is 0.389 e. The van der Waals surface area contributed by atoms with Gasteiger partial charge in [-0.2, -0.15) is 13.2 Å². The minimum Gasteiger partial charge on any atom is -0.389 e. The molecule has 0 aliphatic rings. The van der Waals surface area contributed by atoms with Crippen LogP contribution in [0.25, 0.3) is 0 Å². The van der Waals surface area contributed by atoms with E-state index >= 15 is 0 Å². The first-order valence-electron chi connectivity index (χ1n) is 3.58. The fourth-order valence-corrected chi connectivity index (χ4v) is 0.803. The van der Waals surface area contributed by atoms with Gasteiger partial charge in [0.25, 0.3) is 0 Å². The number of halogens is 3. The van der Waals surface area contributed by atoms with Gasteiger partial charge < -0.3 is 5.11 Å². The first kappa shape index (κ1) is 12.8. The monoisotopic (exact) mass is 215 g/mol. The number of aliphatic hydroxyl groups is 1. The van der Waals surface area contributed by atoms with Crippen molar-refractivity contribution in [3.8, 4) is 0 Å². The summed E-state index contributed by atoms with van der Waals surface area (Å²) in [6.45, 7) is -2.39. The highest BCUT2D eigenvalue weighted by atomic mass is 19.4. The van der Waals surface area contributed by atoms with Crippen LogP contribution in [0.4, 0.5) is 13.2 Å². The topological polar surface area (TPSA) is 80.4 Å². The normalized spacial score (nSPS) is 13.7. The Kier molecular flexibility index (Phi) is 4.48. The summed E-state index contributed by atoms with van der Waals surface area (Å²) in [4.78, 5) is 19.2. The van der Waals surface area contributed by atoms with Gasteiger partial charge in [-0.15, -0.1) is 0 Å². The molecule has 1 unspecified atom stereocenters. The second-order valence-corrected chi connectivity index (χ2v) is 2.65. The number of alkyl halides is 3. The average molecular weight is 215 g/mol. The van der Waals surface area contributed by atoms with Crippen LogP contribution in [0.1, 0.15) is 6.42 Å². The molecule has 0 saturated heterocycles. The third-order valence-corrected chi connectivity index (χ3v) is 1.48. The standard InChI is InChI=1S/C6H8F3NO4/c7-6(8,9)4(2-10(13)14)1-5(12)3-11/h4,11H,1-3H2. The molecule has 0 radical (unpaired) electrons. The van der Waals surface area contributed by atoms with Crippen molar-refractivity contribution in [2.45, 2.75) is 12.6 Å². The Morgan fingerprint density at radius 3 is 2.29 bits per heavy atom. The van der Waals surface area contributed by atoms with Crippen LogP contribution in [0.2, 0.25) is 0 Å². The van der Waals surface area contributed by atoms with Gasteiger partial charge in [-0.3, -0.25) is 14.9 Å². The van der Waals surface area contributed by atoms with Gasteiger partial charge in [0.05, 0.1) is 0 Å². The minimum absolute atomic E-state index is 1.04. The molecule has 0 aromatic carbocycles. The number of hydrogen-bond donors (Lipinski definition) is 1. The highest BCUT2D eigenvalue weighted by Gasteiger charge is 2.43. The number of nitrogens with zero attached hydrogens (tertiary/aromatic N) is 1. The number of nitro groups is 1. The summed E-state index contributed by atoms with van der Waals surface area (Å²) in [6.07, 6.45) is -5.85. The maximum Gasteiger partial charge on any atom is 0.398 e. The molecular formula is C6H8F3NO4. The van der Waals surface area contributed by atoms with Crippen molar-refractivity contribution < 1.29 is 28.0 Å². The van der Waals surface area contributed by atoms with E-state index in [4.69, 9.17) is 5.11 Å². The molecule has 0 spiro atoms. The van der Waals surface area contributed by atoms with Crippen molar-refractivity contribution >= 4 is 5.78 Å². The Labute approximate surface area is 76.7 Å². The van der Waals surface area contributed by atoms with Gasteiger partial charge in [0.15, 0.2) is 5.78 Å². The maximum absolute atomic E-state index is 12.0. The largest absolute Gasteiger partial charge is 0.398 e. The lowest BCUT2D eigenvalue weighted by Gasteiger charge is -2.14. The van der Waals surface area contributed by atoms with Crippen molar-refractivity contribution in [1.82, 2.24) is 0 Å². The molecule has 0 rings (SSSR count).